The second-order valence-electron chi connectivity index (χ2n) is 3.65. The zero-order chi connectivity index (χ0) is 12.1. The lowest BCUT2D eigenvalue weighted by atomic mass is 10.1. The van der Waals surface area contributed by atoms with E-state index in [9.17, 15) is 9.59 Å². The Hall–Kier alpha value is -2.23. The van der Waals surface area contributed by atoms with Crippen LogP contribution in [0.25, 0.3) is 0 Å². The Bertz CT molecular complexity index is 561. The van der Waals surface area contributed by atoms with Crippen LogP contribution in [0.2, 0.25) is 0 Å². The van der Waals surface area contributed by atoms with Gasteiger partial charge in [-0.25, -0.2) is 4.98 Å². The fourth-order valence-corrected chi connectivity index (χ4v) is 1.54. The molecule has 0 spiro atoms. The molecular weight excluding hydrogens is 216 g/mol. The molecule has 2 aromatic rings. The second kappa shape index (κ2) is 5.21. The highest BCUT2D eigenvalue weighted by Crippen LogP contribution is 2.03. The normalized spacial score (nSPS) is 10.1. The molecule has 0 radical (unpaired) electrons. The highest BCUT2D eigenvalue weighted by molar-refractivity contribution is 5.95. The van der Waals surface area contributed by atoms with Crippen LogP contribution in [0.15, 0.2) is 53.7 Å². The van der Waals surface area contributed by atoms with E-state index in [-0.39, 0.29) is 11.3 Å². The number of Topliss-reactive ketones (excluding diaryl/α,β-unsaturated/α-hetero) is 1. The van der Waals surface area contributed by atoms with Crippen molar-refractivity contribution >= 4 is 5.78 Å². The lowest BCUT2D eigenvalue weighted by Gasteiger charge is -2.03. The van der Waals surface area contributed by atoms with Gasteiger partial charge in [-0.2, -0.15) is 0 Å². The first-order valence-electron chi connectivity index (χ1n) is 5.36. The quantitative estimate of drug-likeness (QED) is 0.745. The second-order valence-corrected chi connectivity index (χ2v) is 3.65. The van der Waals surface area contributed by atoms with Gasteiger partial charge in [0.2, 0.25) is 0 Å². The SMILES string of the molecule is O=C(CCn1cnccc1=O)c1ccccc1. The molecule has 0 aliphatic rings. The number of benzene rings is 1. The summed E-state index contributed by atoms with van der Waals surface area (Å²) < 4.78 is 1.43. The van der Waals surface area contributed by atoms with Crippen molar-refractivity contribution in [1.29, 1.82) is 0 Å². The number of ketones is 1. The molecule has 17 heavy (non-hydrogen) atoms. The number of carbonyl (C=O) groups is 1. The number of aromatic nitrogens is 2. The van der Waals surface area contributed by atoms with Crippen molar-refractivity contribution in [3.63, 3.8) is 0 Å². The van der Waals surface area contributed by atoms with Gasteiger partial charge < -0.3 is 0 Å². The van der Waals surface area contributed by atoms with Crippen molar-refractivity contribution in [2.24, 2.45) is 0 Å². The molecule has 4 nitrogen and oxygen atoms in total. The molecule has 0 aliphatic heterocycles. The third-order valence-corrected chi connectivity index (χ3v) is 2.47. The summed E-state index contributed by atoms with van der Waals surface area (Å²) >= 11 is 0. The third-order valence-electron chi connectivity index (χ3n) is 2.47. The Morgan fingerprint density at radius 2 is 1.94 bits per heavy atom. The highest BCUT2D eigenvalue weighted by atomic mass is 16.1. The van der Waals surface area contributed by atoms with E-state index in [2.05, 4.69) is 4.98 Å². The van der Waals surface area contributed by atoms with Gasteiger partial charge in [-0.3, -0.25) is 14.2 Å². The molecule has 0 amide bonds. The van der Waals surface area contributed by atoms with Crippen LogP contribution in [-0.4, -0.2) is 15.3 Å². The number of hydrogen-bond acceptors (Lipinski definition) is 3. The van der Waals surface area contributed by atoms with Gasteiger partial charge in [0.25, 0.3) is 5.56 Å². The monoisotopic (exact) mass is 228 g/mol. The largest absolute Gasteiger partial charge is 0.299 e. The fourth-order valence-electron chi connectivity index (χ4n) is 1.54. The maximum Gasteiger partial charge on any atom is 0.253 e. The Labute approximate surface area is 98.6 Å². The standard InChI is InChI=1S/C13H12N2O2/c16-12(11-4-2-1-3-5-11)7-9-15-10-14-8-6-13(15)17/h1-6,8,10H,7,9H2. The molecule has 0 aliphatic carbocycles. The van der Waals surface area contributed by atoms with Gasteiger partial charge >= 0.3 is 0 Å². The Balaban J connectivity index is 2.02. The van der Waals surface area contributed by atoms with E-state index in [1.807, 2.05) is 18.2 Å². The number of aryl methyl sites for hydroxylation is 1. The van der Waals surface area contributed by atoms with E-state index in [4.69, 9.17) is 0 Å². The van der Waals surface area contributed by atoms with Crippen molar-refractivity contribution in [3.05, 3.63) is 64.8 Å². The molecule has 0 saturated carbocycles. The van der Waals surface area contributed by atoms with Crippen molar-refractivity contribution in [3.8, 4) is 0 Å². The van der Waals surface area contributed by atoms with Gasteiger partial charge in [-0.15, -0.1) is 0 Å². The Kier molecular flexibility index (Phi) is 3.45. The smallest absolute Gasteiger partial charge is 0.253 e. The highest BCUT2D eigenvalue weighted by Gasteiger charge is 2.05. The maximum absolute atomic E-state index is 11.8. The van der Waals surface area contributed by atoms with Gasteiger partial charge in [-0.05, 0) is 0 Å². The molecule has 1 aromatic carbocycles. The lowest BCUT2D eigenvalue weighted by molar-refractivity contribution is 0.0976. The van der Waals surface area contributed by atoms with E-state index >= 15 is 0 Å². The number of rotatable bonds is 4. The van der Waals surface area contributed by atoms with Crippen LogP contribution in [0.1, 0.15) is 16.8 Å². The summed E-state index contributed by atoms with van der Waals surface area (Å²) in [7, 11) is 0. The molecule has 0 N–H and O–H groups in total. The van der Waals surface area contributed by atoms with Crippen molar-refractivity contribution in [2.45, 2.75) is 13.0 Å². The van der Waals surface area contributed by atoms with E-state index in [0.717, 1.165) is 0 Å². The van der Waals surface area contributed by atoms with E-state index in [1.54, 1.807) is 12.1 Å². The minimum Gasteiger partial charge on any atom is -0.299 e. The molecule has 1 aromatic heterocycles. The van der Waals surface area contributed by atoms with Crippen LogP contribution in [0, 0.1) is 0 Å². The fraction of sp³-hybridized carbons (Fsp3) is 0.154. The topological polar surface area (TPSA) is 52.0 Å². The summed E-state index contributed by atoms with van der Waals surface area (Å²) in [4.78, 5) is 27.0. The zero-order valence-electron chi connectivity index (χ0n) is 9.24. The van der Waals surface area contributed by atoms with E-state index in [1.165, 1.54) is 23.2 Å². The van der Waals surface area contributed by atoms with Crippen LogP contribution < -0.4 is 5.56 Å². The molecule has 4 heteroatoms. The van der Waals surface area contributed by atoms with Gasteiger partial charge in [0, 0.05) is 30.8 Å². The molecular formula is C13H12N2O2. The number of hydrogen-bond donors (Lipinski definition) is 0. The van der Waals surface area contributed by atoms with Gasteiger partial charge in [0.05, 0.1) is 6.33 Å². The number of nitrogens with zero attached hydrogens (tertiary/aromatic N) is 2. The predicted molar refractivity (Wildman–Crippen MR) is 63.9 cm³/mol. The summed E-state index contributed by atoms with van der Waals surface area (Å²) in [5.41, 5.74) is 0.533. The van der Waals surface area contributed by atoms with Crippen molar-refractivity contribution in [2.75, 3.05) is 0 Å². The molecule has 0 unspecified atom stereocenters. The maximum atomic E-state index is 11.8. The lowest BCUT2D eigenvalue weighted by Crippen LogP contribution is -2.20. The third kappa shape index (κ3) is 2.87. The van der Waals surface area contributed by atoms with Crippen molar-refractivity contribution in [1.82, 2.24) is 9.55 Å². The van der Waals surface area contributed by atoms with Gasteiger partial charge in [0.1, 0.15) is 0 Å². The first-order chi connectivity index (χ1) is 8.27. The molecule has 2 rings (SSSR count). The average molecular weight is 228 g/mol. The predicted octanol–water partition coefficient (Wildman–Crippen LogP) is 1.52. The molecule has 86 valence electrons. The average Bonchev–Trinajstić information content (AvgIpc) is 2.38. The van der Waals surface area contributed by atoms with Crippen LogP contribution in [0.5, 0.6) is 0 Å². The minimum absolute atomic E-state index is 0.0290. The summed E-state index contributed by atoms with van der Waals surface area (Å²) in [6.07, 6.45) is 3.19. The first-order valence-corrected chi connectivity index (χ1v) is 5.36. The zero-order valence-corrected chi connectivity index (χ0v) is 9.24. The Morgan fingerprint density at radius 3 is 2.65 bits per heavy atom. The molecule has 0 atom stereocenters. The summed E-state index contributed by atoms with van der Waals surface area (Å²) in [5.74, 6) is 0.0290. The van der Waals surface area contributed by atoms with Gasteiger partial charge in [0.15, 0.2) is 5.78 Å². The van der Waals surface area contributed by atoms with E-state index in [0.29, 0.717) is 18.5 Å². The molecule has 0 fully saturated rings. The minimum atomic E-state index is -0.138. The molecule has 1 heterocycles. The van der Waals surface area contributed by atoms with Crippen LogP contribution in [0.3, 0.4) is 0 Å². The van der Waals surface area contributed by atoms with Crippen LogP contribution in [0.4, 0.5) is 0 Å². The Morgan fingerprint density at radius 1 is 1.18 bits per heavy atom. The summed E-state index contributed by atoms with van der Waals surface area (Å²) in [6.45, 7) is 0.362. The summed E-state index contributed by atoms with van der Waals surface area (Å²) in [6, 6.07) is 10.4. The van der Waals surface area contributed by atoms with Crippen molar-refractivity contribution < 1.29 is 4.79 Å². The van der Waals surface area contributed by atoms with Crippen LogP contribution in [-0.2, 0) is 6.54 Å². The van der Waals surface area contributed by atoms with Crippen LogP contribution >= 0.6 is 0 Å². The van der Waals surface area contributed by atoms with Gasteiger partial charge in [-0.1, -0.05) is 30.3 Å². The first kappa shape index (κ1) is 11.3. The molecule has 0 bridgehead atoms. The van der Waals surface area contributed by atoms with E-state index < -0.39 is 0 Å². The number of carbonyl (C=O) groups excluding carboxylic acids is 1. The molecule has 0 saturated heterocycles. The summed E-state index contributed by atoms with van der Waals surface area (Å²) in [5, 5.41) is 0.